The van der Waals surface area contributed by atoms with Crippen molar-refractivity contribution in [2.45, 2.75) is 65.0 Å². The van der Waals surface area contributed by atoms with Crippen LogP contribution in [0.4, 0.5) is 0 Å². The van der Waals surface area contributed by atoms with Gasteiger partial charge in [-0.3, -0.25) is 0 Å². The molecular formula is C20H28N2O2. The molecule has 2 rings (SSSR count). The van der Waals surface area contributed by atoms with Gasteiger partial charge >= 0.3 is 0 Å². The lowest BCUT2D eigenvalue weighted by Gasteiger charge is -2.06. The van der Waals surface area contributed by atoms with Gasteiger partial charge in [-0.2, -0.15) is 0 Å². The summed E-state index contributed by atoms with van der Waals surface area (Å²) in [6.45, 7) is 3.81. The molecule has 130 valence electrons. The topological polar surface area (TPSA) is 48.9 Å². The first-order valence-electron chi connectivity index (χ1n) is 9.02. The first-order valence-corrected chi connectivity index (χ1v) is 9.02. The molecule has 0 amide bonds. The van der Waals surface area contributed by atoms with Crippen molar-refractivity contribution in [2.75, 3.05) is 0 Å². The molecule has 4 heteroatoms. The quantitative estimate of drug-likeness (QED) is 0.470. The summed E-state index contributed by atoms with van der Waals surface area (Å²) >= 11 is 0. The van der Waals surface area contributed by atoms with Gasteiger partial charge in [0, 0.05) is 12.4 Å². The average Bonchev–Trinajstić information content (AvgIpc) is 2.94. The Morgan fingerprint density at radius 2 is 1.92 bits per heavy atom. The number of benzene rings is 1. The van der Waals surface area contributed by atoms with Crippen LogP contribution in [0.25, 0.3) is 0 Å². The van der Waals surface area contributed by atoms with Crippen molar-refractivity contribution in [2.24, 2.45) is 0 Å². The number of carboxylic acid groups (broad SMARTS) is 1. The molecular weight excluding hydrogens is 300 g/mol. The van der Waals surface area contributed by atoms with Crippen LogP contribution in [0.2, 0.25) is 0 Å². The minimum atomic E-state index is -0.969. The standard InChI is InChI=1S/C20H28N2O2/c1-2-3-4-8-12-19-21(14-9-13-20(23)24)15-16-22(19)17-18-10-6-5-7-11-18/h5-7,10-11,15-16H,2-4,8-9,12-14,17H2,1H3. The van der Waals surface area contributed by atoms with Crippen LogP contribution >= 0.6 is 0 Å². The number of carboxylic acids is 1. The summed E-state index contributed by atoms with van der Waals surface area (Å²) in [7, 11) is 0. The highest BCUT2D eigenvalue weighted by molar-refractivity contribution is 5.64. The largest absolute Gasteiger partial charge is 0.550 e. The van der Waals surface area contributed by atoms with Gasteiger partial charge in [-0.05, 0) is 24.8 Å². The molecule has 1 heterocycles. The number of carbonyl (C=O) groups is 1. The highest BCUT2D eigenvalue weighted by Gasteiger charge is 2.16. The highest BCUT2D eigenvalue weighted by Crippen LogP contribution is 2.08. The molecule has 4 nitrogen and oxygen atoms in total. The van der Waals surface area contributed by atoms with E-state index in [1.54, 1.807) is 0 Å². The lowest BCUT2D eigenvalue weighted by molar-refractivity contribution is -0.695. The van der Waals surface area contributed by atoms with Gasteiger partial charge in [-0.1, -0.05) is 56.5 Å². The summed E-state index contributed by atoms with van der Waals surface area (Å²) in [5.41, 5.74) is 1.28. The Kier molecular flexibility index (Phi) is 7.53. The van der Waals surface area contributed by atoms with E-state index < -0.39 is 5.97 Å². The van der Waals surface area contributed by atoms with E-state index in [9.17, 15) is 9.90 Å². The minimum absolute atomic E-state index is 0.117. The summed E-state index contributed by atoms with van der Waals surface area (Å²) in [6, 6.07) is 10.4. The Morgan fingerprint density at radius 1 is 1.12 bits per heavy atom. The van der Waals surface area contributed by atoms with E-state index in [4.69, 9.17) is 0 Å². The van der Waals surface area contributed by atoms with Crippen molar-refractivity contribution < 1.29 is 14.5 Å². The molecule has 24 heavy (non-hydrogen) atoms. The number of aliphatic carboxylic acids is 1. The molecule has 0 atom stereocenters. The number of carbonyl (C=O) groups excluding carboxylic acids is 1. The van der Waals surface area contributed by atoms with Crippen molar-refractivity contribution in [1.29, 1.82) is 0 Å². The third-order valence-corrected chi connectivity index (χ3v) is 4.32. The molecule has 0 aliphatic rings. The zero-order valence-electron chi connectivity index (χ0n) is 14.6. The van der Waals surface area contributed by atoms with Crippen LogP contribution in [-0.2, 0) is 24.3 Å². The molecule has 1 aromatic carbocycles. The van der Waals surface area contributed by atoms with Crippen LogP contribution in [0, 0.1) is 0 Å². The molecule has 0 unspecified atom stereocenters. The second-order valence-corrected chi connectivity index (χ2v) is 6.31. The van der Waals surface area contributed by atoms with Crippen LogP contribution in [0.1, 0.15) is 56.8 Å². The number of unbranched alkanes of at least 4 members (excludes halogenated alkanes) is 3. The van der Waals surface area contributed by atoms with Crippen molar-refractivity contribution in [1.82, 2.24) is 4.57 Å². The maximum absolute atomic E-state index is 10.6. The van der Waals surface area contributed by atoms with E-state index in [2.05, 4.69) is 52.7 Å². The van der Waals surface area contributed by atoms with E-state index >= 15 is 0 Å². The average molecular weight is 328 g/mol. The smallest absolute Gasteiger partial charge is 0.256 e. The Bertz CT molecular complexity index is 620. The number of hydrogen-bond acceptors (Lipinski definition) is 2. The molecule has 0 spiro atoms. The first kappa shape index (κ1) is 18.2. The number of aromatic nitrogens is 2. The van der Waals surface area contributed by atoms with E-state index in [1.165, 1.54) is 37.1 Å². The van der Waals surface area contributed by atoms with Gasteiger partial charge in [0.2, 0.25) is 0 Å². The van der Waals surface area contributed by atoms with Gasteiger partial charge in [-0.25, -0.2) is 9.13 Å². The number of rotatable bonds is 11. The predicted molar refractivity (Wildman–Crippen MR) is 92.3 cm³/mol. The fourth-order valence-electron chi connectivity index (χ4n) is 3.02. The van der Waals surface area contributed by atoms with E-state index in [0.29, 0.717) is 6.42 Å². The lowest BCUT2D eigenvalue weighted by atomic mass is 10.1. The molecule has 0 aliphatic heterocycles. The van der Waals surface area contributed by atoms with Gasteiger partial charge in [-0.15, -0.1) is 0 Å². The van der Waals surface area contributed by atoms with E-state index in [0.717, 1.165) is 19.5 Å². The van der Waals surface area contributed by atoms with Crippen LogP contribution in [-0.4, -0.2) is 10.5 Å². The van der Waals surface area contributed by atoms with Gasteiger partial charge in [0.1, 0.15) is 18.9 Å². The summed E-state index contributed by atoms with van der Waals surface area (Å²) in [5.74, 6) is 0.317. The summed E-state index contributed by atoms with van der Waals surface area (Å²) < 4.78 is 4.50. The molecule has 0 bridgehead atoms. The van der Waals surface area contributed by atoms with Gasteiger partial charge in [0.05, 0.1) is 6.54 Å². The number of nitrogens with zero attached hydrogens (tertiary/aromatic N) is 2. The summed E-state index contributed by atoms with van der Waals surface area (Å²) in [4.78, 5) is 10.6. The number of hydrogen-bond donors (Lipinski definition) is 0. The SMILES string of the molecule is CCCCCCc1n(CCCC(=O)[O-])cc[n+]1Cc1ccccc1. The second-order valence-electron chi connectivity index (χ2n) is 6.31. The fourth-order valence-corrected chi connectivity index (χ4v) is 3.02. The van der Waals surface area contributed by atoms with Gasteiger partial charge in [0.15, 0.2) is 0 Å². The van der Waals surface area contributed by atoms with E-state index in [1.807, 2.05) is 6.07 Å². The van der Waals surface area contributed by atoms with Gasteiger partial charge in [0.25, 0.3) is 5.82 Å². The van der Waals surface area contributed by atoms with Crippen LogP contribution in [0.15, 0.2) is 42.7 Å². The predicted octanol–water partition coefficient (Wildman–Crippen LogP) is 2.48. The molecule has 0 radical (unpaired) electrons. The Labute approximate surface area is 144 Å². The summed E-state index contributed by atoms with van der Waals surface area (Å²) in [6.07, 6.45) is 10.9. The van der Waals surface area contributed by atoms with Gasteiger partial charge < -0.3 is 9.90 Å². The van der Waals surface area contributed by atoms with Crippen molar-refractivity contribution in [3.05, 3.63) is 54.1 Å². The third-order valence-electron chi connectivity index (χ3n) is 4.32. The van der Waals surface area contributed by atoms with Crippen molar-refractivity contribution >= 4 is 5.97 Å². The van der Waals surface area contributed by atoms with Crippen LogP contribution in [0.3, 0.4) is 0 Å². The number of imidazole rings is 1. The lowest BCUT2D eigenvalue weighted by Crippen LogP contribution is -2.38. The molecule has 0 N–H and O–H groups in total. The normalized spacial score (nSPS) is 10.9. The van der Waals surface area contributed by atoms with Crippen LogP contribution in [0.5, 0.6) is 0 Å². The second kappa shape index (κ2) is 9.91. The minimum Gasteiger partial charge on any atom is -0.550 e. The van der Waals surface area contributed by atoms with Crippen molar-refractivity contribution in [3.8, 4) is 0 Å². The molecule has 2 aromatic rings. The number of aryl methyl sites for hydroxylation is 1. The Hall–Kier alpha value is -2.10. The maximum Gasteiger partial charge on any atom is 0.256 e. The Balaban J connectivity index is 2.06. The first-order chi connectivity index (χ1) is 11.7. The monoisotopic (exact) mass is 328 g/mol. The molecule has 0 saturated carbocycles. The zero-order valence-corrected chi connectivity index (χ0v) is 14.6. The van der Waals surface area contributed by atoms with Crippen LogP contribution < -0.4 is 9.67 Å². The van der Waals surface area contributed by atoms with Crippen molar-refractivity contribution in [3.63, 3.8) is 0 Å². The fraction of sp³-hybridized carbons (Fsp3) is 0.500. The third kappa shape index (κ3) is 5.84. The molecule has 1 aromatic heterocycles. The van der Waals surface area contributed by atoms with E-state index in [-0.39, 0.29) is 6.42 Å². The summed E-state index contributed by atoms with van der Waals surface area (Å²) in [5, 5.41) is 10.6. The molecule has 0 fully saturated rings. The zero-order chi connectivity index (χ0) is 17.2. The maximum atomic E-state index is 10.6. The highest BCUT2D eigenvalue weighted by atomic mass is 16.4. The molecule has 0 saturated heterocycles. The Morgan fingerprint density at radius 3 is 2.62 bits per heavy atom. The molecule has 0 aliphatic carbocycles.